The molecule has 0 aliphatic carbocycles. The Morgan fingerprint density at radius 3 is 2.35 bits per heavy atom. The van der Waals surface area contributed by atoms with Gasteiger partial charge in [0.2, 0.25) is 0 Å². The molecule has 0 unspecified atom stereocenters. The molecule has 1 aliphatic rings. The van der Waals surface area contributed by atoms with E-state index in [1.165, 1.54) is 5.56 Å². The van der Waals surface area contributed by atoms with Crippen LogP contribution >= 0.6 is 12.4 Å². The van der Waals surface area contributed by atoms with Gasteiger partial charge in [-0.25, -0.2) is 0 Å². The Kier molecular flexibility index (Phi) is 7.03. The van der Waals surface area contributed by atoms with Gasteiger partial charge in [-0.05, 0) is 44.0 Å². The minimum Gasteiger partial charge on any atom is -0.339 e. The topological polar surface area (TPSA) is 32.3 Å². The number of likely N-dealkylation sites (tertiary alicyclic amines) is 1. The average molecular weight is 297 g/mol. The van der Waals surface area contributed by atoms with Crippen molar-refractivity contribution in [1.29, 1.82) is 0 Å². The highest BCUT2D eigenvalue weighted by atomic mass is 35.5. The molecular weight excluding hydrogens is 272 g/mol. The highest BCUT2D eigenvalue weighted by Crippen LogP contribution is 2.14. The summed E-state index contributed by atoms with van der Waals surface area (Å²) < 4.78 is 0. The number of amides is 1. The molecule has 1 aliphatic heterocycles. The SMILES string of the molecule is CCCc1ccc(C(=O)N2CCC(NC)CC2)cc1.Cl. The van der Waals surface area contributed by atoms with Gasteiger partial charge in [0.05, 0.1) is 0 Å². The number of piperidine rings is 1. The second-order valence-electron chi connectivity index (χ2n) is 5.30. The third kappa shape index (κ3) is 4.22. The first-order valence-electron chi connectivity index (χ1n) is 7.30. The van der Waals surface area contributed by atoms with Gasteiger partial charge in [0.25, 0.3) is 5.91 Å². The molecule has 0 bridgehead atoms. The maximum Gasteiger partial charge on any atom is 0.253 e. The van der Waals surface area contributed by atoms with Crippen molar-refractivity contribution >= 4 is 18.3 Å². The average Bonchev–Trinajstić information content (AvgIpc) is 2.48. The van der Waals surface area contributed by atoms with Crippen molar-refractivity contribution in [2.75, 3.05) is 20.1 Å². The summed E-state index contributed by atoms with van der Waals surface area (Å²) in [6, 6.07) is 8.67. The Hall–Kier alpha value is -1.06. The van der Waals surface area contributed by atoms with Crippen LogP contribution in [0.15, 0.2) is 24.3 Å². The zero-order chi connectivity index (χ0) is 13.7. The summed E-state index contributed by atoms with van der Waals surface area (Å²) >= 11 is 0. The molecule has 0 radical (unpaired) electrons. The summed E-state index contributed by atoms with van der Waals surface area (Å²) in [6.07, 6.45) is 4.33. The fourth-order valence-corrected chi connectivity index (χ4v) is 2.66. The number of nitrogens with one attached hydrogen (secondary N) is 1. The Morgan fingerprint density at radius 2 is 1.85 bits per heavy atom. The van der Waals surface area contributed by atoms with Crippen molar-refractivity contribution in [2.24, 2.45) is 0 Å². The fourth-order valence-electron chi connectivity index (χ4n) is 2.66. The Balaban J connectivity index is 0.00000200. The van der Waals surface area contributed by atoms with Gasteiger partial charge >= 0.3 is 0 Å². The minimum absolute atomic E-state index is 0. The molecule has 4 heteroatoms. The molecule has 2 rings (SSSR count). The van der Waals surface area contributed by atoms with Crippen LogP contribution in [0.5, 0.6) is 0 Å². The van der Waals surface area contributed by atoms with Crippen LogP contribution in [0.1, 0.15) is 42.1 Å². The third-order valence-corrected chi connectivity index (χ3v) is 3.93. The van der Waals surface area contributed by atoms with E-state index in [9.17, 15) is 4.79 Å². The number of carbonyl (C=O) groups excluding carboxylic acids is 1. The minimum atomic E-state index is 0. The lowest BCUT2D eigenvalue weighted by Crippen LogP contribution is -2.43. The Morgan fingerprint density at radius 1 is 1.25 bits per heavy atom. The van der Waals surface area contributed by atoms with Crippen LogP contribution in [0, 0.1) is 0 Å². The lowest BCUT2D eigenvalue weighted by atomic mass is 10.0. The molecular formula is C16H25ClN2O. The first-order valence-corrected chi connectivity index (χ1v) is 7.30. The van der Waals surface area contributed by atoms with Gasteiger partial charge in [-0.3, -0.25) is 4.79 Å². The van der Waals surface area contributed by atoms with Crippen LogP contribution in [0.4, 0.5) is 0 Å². The van der Waals surface area contributed by atoms with Crippen molar-refractivity contribution in [3.05, 3.63) is 35.4 Å². The van der Waals surface area contributed by atoms with Crippen molar-refractivity contribution in [1.82, 2.24) is 10.2 Å². The monoisotopic (exact) mass is 296 g/mol. The molecule has 3 nitrogen and oxygen atoms in total. The number of aryl methyl sites for hydroxylation is 1. The summed E-state index contributed by atoms with van der Waals surface area (Å²) in [7, 11) is 1.99. The van der Waals surface area contributed by atoms with E-state index in [0.29, 0.717) is 6.04 Å². The van der Waals surface area contributed by atoms with Crippen LogP contribution in [0.2, 0.25) is 0 Å². The molecule has 1 aromatic carbocycles. The van der Waals surface area contributed by atoms with Crippen LogP contribution in [-0.2, 0) is 6.42 Å². The standard InChI is InChI=1S/C16H24N2O.ClH/c1-3-4-13-5-7-14(8-6-13)16(19)18-11-9-15(17-2)10-12-18;/h5-8,15,17H,3-4,9-12H2,1-2H3;1H. The van der Waals surface area contributed by atoms with Gasteiger partial charge in [-0.1, -0.05) is 25.5 Å². The van der Waals surface area contributed by atoms with E-state index in [1.54, 1.807) is 0 Å². The molecule has 0 saturated carbocycles. The molecule has 0 atom stereocenters. The highest BCUT2D eigenvalue weighted by molar-refractivity contribution is 5.94. The number of halogens is 1. The fraction of sp³-hybridized carbons (Fsp3) is 0.562. The molecule has 0 spiro atoms. The molecule has 1 fully saturated rings. The normalized spacial score (nSPS) is 15.8. The van der Waals surface area contributed by atoms with Crippen molar-refractivity contribution in [3.63, 3.8) is 0 Å². The Bertz CT molecular complexity index is 411. The molecule has 0 aromatic heterocycles. The van der Waals surface area contributed by atoms with E-state index >= 15 is 0 Å². The summed E-state index contributed by atoms with van der Waals surface area (Å²) in [6.45, 7) is 3.90. The first kappa shape index (κ1) is 17.0. The predicted molar refractivity (Wildman–Crippen MR) is 85.7 cm³/mol. The van der Waals surface area contributed by atoms with Crippen molar-refractivity contribution < 1.29 is 4.79 Å². The molecule has 112 valence electrons. The maximum atomic E-state index is 12.4. The van der Waals surface area contributed by atoms with E-state index < -0.39 is 0 Å². The van der Waals surface area contributed by atoms with Crippen molar-refractivity contribution in [2.45, 2.75) is 38.6 Å². The lowest BCUT2D eigenvalue weighted by molar-refractivity contribution is 0.0707. The summed E-state index contributed by atoms with van der Waals surface area (Å²) in [5, 5.41) is 3.29. The number of carbonyl (C=O) groups is 1. The number of rotatable bonds is 4. The van der Waals surface area contributed by atoms with E-state index in [0.717, 1.165) is 44.3 Å². The van der Waals surface area contributed by atoms with Gasteiger partial charge in [0.15, 0.2) is 0 Å². The number of hydrogen-bond acceptors (Lipinski definition) is 2. The van der Waals surface area contributed by atoms with E-state index in [1.807, 2.05) is 24.1 Å². The van der Waals surface area contributed by atoms with Gasteiger partial charge in [0.1, 0.15) is 0 Å². The van der Waals surface area contributed by atoms with Gasteiger partial charge in [0, 0.05) is 24.7 Å². The summed E-state index contributed by atoms with van der Waals surface area (Å²) in [4.78, 5) is 14.3. The second kappa shape index (κ2) is 8.28. The highest BCUT2D eigenvalue weighted by Gasteiger charge is 2.22. The van der Waals surface area contributed by atoms with E-state index in [-0.39, 0.29) is 18.3 Å². The number of benzene rings is 1. The van der Waals surface area contributed by atoms with Gasteiger partial charge < -0.3 is 10.2 Å². The molecule has 1 heterocycles. The van der Waals surface area contributed by atoms with Crippen LogP contribution in [0.3, 0.4) is 0 Å². The van der Waals surface area contributed by atoms with E-state index in [2.05, 4.69) is 24.4 Å². The third-order valence-electron chi connectivity index (χ3n) is 3.93. The van der Waals surface area contributed by atoms with Crippen LogP contribution < -0.4 is 5.32 Å². The first-order chi connectivity index (χ1) is 9.24. The van der Waals surface area contributed by atoms with Crippen molar-refractivity contribution in [3.8, 4) is 0 Å². The number of hydrogen-bond donors (Lipinski definition) is 1. The Labute approximate surface area is 128 Å². The predicted octanol–water partition coefficient (Wildman–Crippen LogP) is 2.88. The smallest absolute Gasteiger partial charge is 0.253 e. The van der Waals surface area contributed by atoms with E-state index in [4.69, 9.17) is 0 Å². The van der Waals surface area contributed by atoms with Crippen LogP contribution in [-0.4, -0.2) is 37.0 Å². The van der Waals surface area contributed by atoms with Crippen LogP contribution in [0.25, 0.3) is 0 Å². The maximum absolute atomic E-state index is 12.4. The second-order valence-corrected chi connectivity index (χ2v) is 5.30. The molecule has 20 heavy (non-hydrogen) atoms. The molecule has 1 aromatic rings. The zero-order valence-electron chi connectivity index (χ0n) is 12.4. The number of nitrogens with zero attached hydrogens (tertiary/aromatic N) is 1. The lowest BCUT2D eigenvalue weighted by Gasteiger charge is -2.31. The largest absolute Gasteiger partial charge is 0.339 e. The zero-order valence-corrected chi connectivity index (χ0v) is 13.2. The van der Waals surface area contributed by atoms with Gasteiger partial charge in [-0.15, -0.1) is 12.4 Å². The molecule has 1 amide bonds. The quantitative estimate of drug-likeness (QED) is 0.926. The molecule has 1 N–H and O–H groups in total. The summed E-state index contributed by atoms with van der Waals surface area (Å²) in [5.41, 5.74) is 2.13. The van der Waals surface area contributed by atoms with Gasteiger partial charge in [-0.2, -0.15) is 0 Å². The molecule has 1 saturated heterocycles. The summed E-state index contributed by atoms with van der Waals surface area (Å²) in [5.74, 6) is 0.178.